The van der Waals surface area contributed by atoms with E-state index in [4.69, 9.17) is 16.3 Å². The lowest BCUT2D eigenvalue weighted by Crippen LogP contribution is -2.43. The van der Waals surface area contributed by atoms with Gasteiger partial charge in [-0.1, -0.05) is 29.8 Å². The average Bonchev–Trinajstić information content (AvgIpc) is 2.66. The van der Waals surface area contributed by atoms with Gasteiger partial charge in [0.05, 0.1) is 18.3 Å². The van der Waals surface area contributed by atoms with Crippen molar-refractivity contribution >= 4 is 17.5 Å². The van der Waals surface area contributed by atoms with Gasteiger partial charge in [0.1, 0.15) is 0 Å². The van der Waals surface area contributed by atoms with Crippen LogP contribution in [0.4, 0.5) is 13.2 Å². The first-order valence-corrected chi connectivity index (χ1v) is 9.04. The van der Waals surface area contributed by atoms with E-state index in [-0.39, 0.29) is 17.6 Å². The van der Waals surface area contributed by atoms with E-state index in [1.54, 1.807) is 11.0 Å². The summed E-state index contributed by atoms with van der Waals surface area (Å²) in [6.07, 6.45) is -2.95. The number of amides is 1. The SMILES string of the molecule is O=C(c1ccc(C(F)(F)F)cc1)N1CCCC(OCc2ccccc2Cl)C1. The molecule has 1 amide bonds. The summed E-state index contributed by atoms with van der Waals surface area (Å²) < 4.78 is 43.9. The zero-order chi connectivity index (χ0) is 19.4. The Balaban J connectivity index is 1.60. The van der Waals surface area contributed by atoms with E-state index in [1.807, 2.05) is 18.2 Å². The molecule has 1 aliphatic heterocycles. The molecule has 0 radical (unpaired) electrons. The smallest absolute Gasteiger partial charge is 0.372 e. The molecular formula is C20H19ClF3NO2. The molecule has 3 nitrogen and oxygen atoms in total. The average molecular weight is 398 g/mol. The highest BCUT2D eigenvalue weighted by Gasteiger charge is 2.31. The van der Waals surface area contributed by atoms with Crippen molar-refractivity contribution in [3.05, 3.63) is 70.2 Å². The molecule has 1 aliphatic rings. The summed E-state index contributed by atoms with van der Waals surface area (Å²) in [7, 11) is 0. The maximum atomic E-state index is 12.7. The van der Waals surface area contributed by atoms with Crippen molar-refractivity contribution in [3.8, 4) is 0 Å². The van der Waals surface area contributed by atoms with Crippen LogP contribution in [0.2, 0.25) is 5.02 Å². The van der Waals surface area contributed by atoms with Crippen LogP contribution >= 0.6 is 11.6 Å². The van der Waals surface area contributed by atoms with Gasteiger partial charge in [-0.25, -0.2) is 0 Å². The molecule has 3 rings (SSSR count). The van der Waals surface area contributed by atoms with Gasteiger partial charge < -0.3 is 9.64 Å². The lowest BCUT2D eigenvalue weighted by Gasteiger charge is -2.33. The highest BCUT2D eigenvalue weighted by atomic mass is 35.5. The van der Waals surface area contributed by atoms with Crippen LogP contribution in [0.1, 0.15) is 34.3 Å². The van der Waals surface area contributed by atoms with E-state index in [1.165, 1.54) is 12.1 Å². The minimum absolute atomic E-state index is 0.131. The lowest BCUT2D eigenvalue weighted by atomic mass is 10.1. The Hall–Kier alpha value is -2.05. The fourth-order valence-corrected chi connectivity index (χ4v) is 3.26. The second-order valence-electron chi connectivity index (χ2n) is 6.49. The molecule has 1 unspecified atom stereocenters. The maximum Gasteiger partial charge on any atom is 0.416 e. The maximum absolute atomic E-state index is 12.7. The molecule has 0 spiro atoms. The van der Waals surface area contributed by atoms with Crippen LogP contribution in [0.3, 0.4) is 0 Å². The largest absolute Gasteiger partial charge is 0.416 e. The van der Waals surface area contributed by atoms with E-state index < -0.39 is 11.7 Å². The molecular weight excluding hydrogens is 379 g/mol. The number of carbonyl (C=O) groups is 1. The zero-order valence-electron chi connectivity index (χ0n) is 14.5. The summed E-state index contributed by atoms with van der Waals surface area (Å²) in [6, 6.07) is 11.7. The van der Waals surface area contributed by atoms with E-state index in [2.05, 4.69) is 0 Å². The number of alkyl halides is 3. The minimum Gasteiger partial charge on any atom is -0.372 e. The van der Waals surface area contributed by atoms with E-state index in [0.29, 0.717) is 24.7 Å². The van der Waals surface area contributed by atoms with Gasteiger partial charge in [-0.15, -0.1) is 0 Å². The molecule has 0 saturated carbocycles. The molecule has 1 atom stereocenters. The first-order chi connectivity index (χ1) is 12.8. The van der Waals surface area contributed by atoms with E-state index >= 15 is 0 Å². The molecule has 1 saturated heterocycles. The normalized spacial score (nSPS) is 17.8. The molecule has 0 aliphatic carbocycles. The van der Waals surface area contributed by atoms with Gasteiger partial charge in [-0.2, -0.15) is 13.2 Å². The fraction of sp³-hybridized carbons (Fsp3) is 0.350. The summed E-state index contributed by atoms with van der Waals surface area (Å²) in [4.78, 5) is 14.2. The van der Waals surface area contributed by atoms with Crippen molar-refractivity contribution < 1.29 is 22.7 Å². The number of hydrogen-bond donors (Lipinski definition) is 0. The van der Waals surface area contributed by atoms with Crippen LogP contribution in [0, 0.1) is 0 Å². The number of nitrogens with zero attached hydrogens (tertiary/aromatic N) is 1. The van der Waals surface area contributed by atoms with Crippen molar-refractivity contribution in [2.24, 2.45) is 0 Å². The van der Waals surface area contributed by atoms with Crippen LogP contribution < -0.4 is 0 Å². The van der Waals surface area contributed by atoms with E-state index in [0.717, 1.165) is 30.5 Å². The third kappa shape index (κ3) is 5.02. The number of ether oxygens (including phenoxy) is 1. The van der Waals surface area contributed by atoms with Crippen LogP contribution in [0.5, 0.6) is 0 Å². The second kappa shape index (κ2) is 8.31. The second-order valence-corrected chi connectivity index (χ2v) is 6.90. The van der Waals surface area contributed by atoms with Gasteiger partial charge in [0.2, 0.25) is 0 Å². The van der Waals surface area contributed by atoms with E-state index in [9.17, 15) is 18.0 Å². The van der Waals surface area contributed by atoms with Crippen LogP contribution in [0.25, 0.3) is 0 Å². The Morgan fingerprint density at radius 3 is 2.52 bits per heavy atom. The van der Waals surface area contributed by atoms with Gasteiger partial charge in [-0.05, 0) is 48.7 Å². The van der Waals surface area contributed by atoms with Gasteiger partial charge in [0.25, 0.3) is 5.91 Å². The number of benzene rings is 2. The Morgan fingerprint density at radius 2 is 1.85 bits per heavy atom. The Morgan fingerprint density at radius 1 is 1.15 bits per heavy atom. The molecule has 2 aromatic rings. The Labute approximate surface area is 160 Å². The molecule has 1 fully saturated rings. The van der Waals surface area contributed by atoms with Crippen molar-refractivity contribution in [1.82, 2.24) is 4.90 Å². The van der Waals surface area contributed by atoms with Gasteiger partial charge in [0, 0.05) is 23.7 Å². The summed E-state index contributed by atoms with van der Waals surface area (Å²) in [5.74, 6) is -0.283. The predicted octanol–water partition coefficient (Wildman–Crippen LogP) is 5.18. The lowest BCUT2D eigenvalue weighted by molar-refractivity contribution is -0.137. The molecule has 27 heavy (non-hydrogen) atoms. The molecule has 1 heterocycles. The minimum atomic E-state index is -4.41. The monoisotopic (exact) mass is 397 g/mol. The first-order valence-electron chi connectivity index (χ1n) is 8.66. The van der Waals surface area contributed by atoms with Gasteiger partial charge >= 0.3 is 6.18 Å². The molecule has 0 N–H and O–H groups in total. The summed E-state index contributed by atoms with van der Waals surface area (Å²) in [5, 5.41) is 0.631. The summed E-state index contributed by atoms with van der Waals surface area (Å²) in [5.41, 5.74) is 0.360. The summed E-state index contributed by atoms with van der Waals surface area (Å²) in [6.45, 7) is 1.32. The van der Waals surface area contributed by atoms with Crippen LogP contribution in [-0.4, -0.2) is 30.0 Å². The standard InChI is InChI=1S/C20H19ClF3NO2/c21-18-6-2-1-4-15(18)13-27-17-5-3-11-25(12-17)19(26)14-7-9-16(10-8-14)20(22,23)24/h1-2,4,6-10,17H,3,5,11-13H2. The number of likely N-dealkylation sites (tertiary alicyclic amines) is 1. The van der Waals surface area contributed by atoms with Gasteiger partial charge in [0.15, 0.2) is 0 Å². The van der Waals surface area contributed by atoms with Crippen molar-refractivity contribution in [2.45, 2.75) is 31.7 Å². The van der Waals surface area contributed by atoms with Crippen molar-refractivity contribution in [2.75, 3.05) is 13.1 Å². The number of rotatable bonds is 4. The van der Waals surface area contributed by atoms with Crippen LogP contribution in [-0.2, 0) is 17.5 Å². The third-order valence-electron chi connectivity index (χ3n) is 4.56. The zero-order valence-corrected chi connectivity index (χ0v) is 15.3. The molecule has 2 aromatic carbocycles. The van der Waals surface area contributed by atoms with Crippen LogP contribution in [0.15, 0.2) is 48.5 Å². The van der Waals surface area contributed by atoms with Gasteiger partial charge in [-0.3, -0.25) is 4.79 Å². The number of piperidine rings is 1. The van der Waals surface area contributed by atoms with Crippen molar-refractivity contribution in [1.29, 1.82) is 0 Å². The fourth-order valence-electron chi connectivity index (χ4n) is 3.07. The molecule has 7 heteroatoms. The molecule has 144 valence electrons. The molecule has 0 bridgehead atoms. The molecule has 0 aromatic heterocycles. The highest BCUT2D eigenvalue weighted by Crippen LogP contribution is 2.29. The number of hydrogen-bond acceptors (Lipinski definition) is 2. The number of carbonyl (C=O) groups excluding carboxylic acids is 1. The topological polar surface area (TPSA) is 29.5 Å². The predicted molar refractivity (Wildman–Crippen MR) is 96.6 cm³/mol. The number of halogens is 4. The third-order valence-corrected chi connectivity index (χ3v) is 4.93. The summed E-state index contributed by atoms with van der Waals surface area (Å²) >= 11 is 6.12. The Kier molecular flexibility index (Phi) is 6.07. The highest BCUT2D eigenvalue weighted by molar-refractivity contribution is 6.31. The quantitative estimate of drug-likeness (QED) is 0.711. The van der Waals surface area contributed by atoms with Crippen molar-refractivity contribution in [3.63, 3.8) is 0 Å². The Bertz CT molecular complexity index is 793. The first kappa shape index (κ1) is 19.7.